The van der Waals surface area contributed by atoms with Crippen LogP contribution in [0, 0.1) is 0 Å². The second kappa shape index (κ2) is 10.4. The Labute approximate surface area is 200 Å². The minimum absolute atomic E-state index is 0.0931. The number of piperazine rings is 1. The monoisotopic (exact) mass is 493 g/mol. The third kappa shape index (κ3) is 5.36. The average Bonchev–Trinajstić information content (AvgIpc) is 3.26. The molecule has 2 fully saturated rings. The summed E-state index contributed by atoms with van der Waals surface area (Å²) in [6.07, 6.45) is 7.58. The molecule has 1 aromatic heterocycles. The molecule has 1 aliphatic carbocycles. The van der Waals surface area contributed by atoms with E-state index in [9.17, 15) is 13.2 Å². The fourth-order valence-corrected chi connectivity index (χ4v) is 6.38. The maximum atomic E-state index is 13.6. The van der Waals surface area contributed by atoms with Gasteiger partial charge >= 0.3 is 0 Å². The van der Waals surface area contributed by atoms with Crippen molar-refractivity contribution in [3.8, 4) is 0 Å². The molecule has 1 saturated heterocycles. The Morgan fingerprint density at radius 1 is 1.12 bits per heavy atom. The number of nitrogens with zero attached hydrogens (tertiary/aromatic N) is 4. The van der Waals surface area contributed by atoms with Gasteiger partial charge in [0.25, 0.3) is 15.9 Å². The van der Waals surface area contributed by atoms with Gasteiger partial charge in [0, 0.05) is 45.0 Å². The van der Waals surface area contributed by atoms with Crippen molar-refractivity contribution in [2.45, 2.75) is 63.1 Å². The summed E-state index contributed by atoms with van der Waals surface area (Å²) in [5.74, 6) is -0.350. The number of halogens is 1. The van der Waals surface area contributed by atoms with E-state index in [2.05, 4.69) is 15.3 Å². The molecule has 1 amide bonds. The van der Waals surface area contributed by atoms with Crippen LogP contribution in [0.5, 0.6) is 0 Å². The third-order valence-electron chi connectivity index (χ3n) is 6.38. The summed E-state index contributed by atoms with van der Waals surface area (Å²) in [7, 11) is -3.91. The Kier molecular flexibility index (Phi) is 7.61. The smallest absolute Gasteiger partial charge is 0.263 e. The summed E-state index contributed by atoms with van der Waals surface area (Å²) < 4.78 is 30.1. The predicted octanol–water partition coefficient (Wildman–Crippen LogP) is 3.52. The molecule has 0 bridgehead atoms. The van der Waals surface area contributed by atoms with Crippen molar-refractivity contribution in [2.24, 2.45) is 0 Å². The SMILES string of the molecule is CCCn1cc(C(=O)NC2CCCCC2)c(S(=O)(=O)N2CCN(c3ccccc3Cl)CC2)n1. The number of aromatic nitrogens is 2. The molecule has 180 valence electrons. The van der Waals surface area contributed by atoms with Crippen LogP contribution in [0.15, 0.2) is 35.5 Å². The number of para-hydroxylation sites is 1. The Morgan fingerprint density at radius 3 is 2.48 bits per heavy atom. The molecule has 1 aliphatic heterocycles. The molecule has 2 aliphatic rings. The molecule has 1 saturated carbocycles. The highest BCUT2D eigenvalue weighted by atomic mass is 35.5. The number of carbonyl (C=O) groups is 1. The Balaban J connectivity index is 1.53. The van der Waals surface area contributed by atoms with E-state index in [0.29, 0.717) is 37.7 Å². The molecule has 0 spiro atoms. The van der Waals surface area contributed by atoms with Gasteiger partial charge in [0.1, 0.15) is 0 Å². The number of hydrogen-bond donors (Lipinski definition) is 1. The molecule has 0 atom stereocenters. The van der Waals surface area contributed by atoms with Crippen LogP contribution in [0.4, 0.5) is 5.69 Å². The third-order valence-corrected chi connectivity index (χ3v) is 8.54. The van der Waals surface area contributed by atoms with E-state index < -0.39 is 10.0 Å². The molecule has 8 nitrogen and oxygen atoms in total. The Morgan fingerprint density at radius 2 is 1.82 bits per heavy atom. The molecule has 0 unspecified atom stereocenters. The number of amides is 1. The summed E-state index contributed by atoms with van der Waals surface area (Å²) in [6, 6.07) is 7.65. The van der Waals surface area contributed by atoms with E-state index >= 15 is 0 Å². The molecule has 33 heavy (non-hydrogen) atoms. The lowest BCUT2D eigenvalue weighted by Gasteiger charge is -2.35. The quantitative estimate of drug-likeness (QED) is 0.637. The summed E-state index contributed by atoms with van der Waals surface area (Å²) >= 11 is 6.32. The van der Waals surface area contributed by atoms with Crippen LogP contribution in [-0.4, -0.2) is 60.6 Å². The van der Waals surface area contributed by atoms with Crippen LogP contribution < -0.4 is 10.2 Å². The number of benzene rings is 1. The van der Waals surface area contributed by atoms with Crippen molar-refractivity contribution < 1.29 is 13.2 Å². The lowest BCUT2D eigenvalue weighted by molar-refractivity contribution is 0.0924. The second-order valence-corrected chi connectivity index (χ2v) is 11.0. The normalized spacial score (nSPS) is 18.4. The van der Waals surface area contributed by atoms with Gasteiger partial charge in [0.2, 0.25) is 5.03 Å². The van der Waals surface area contributed by atoms with E-state index in [-0.39, 0.29) is 22.5 Å². The maximum Gasteiger partial charge on any atom is 0.263 e. The molecule has 0 radical (unpaired) electrons. The van der Waals surface area contributed by atoms with E-state index in [1.54, 1.807) is 10.9 Å². The van der Waals surface area contributed by atoms with Gasteiger partial charge in [-0.2, -0.15) is 9.40 Å². The van der Waals surface area contributed by atoms with E-state index in [1.165, 1.54) is 10.7 Å². The fourth-order valence-electron chi connectivity index (χ4n) is 4.60. The number of nitrogens with one attached hydrogen (secondary N) is 1. The highest BCUT2D eigenvalue weighted by molar-refractivity contribution is 7.89. The molecular formula is C23H32ClN5O3S. The zero-order valence-electron chi connectivity index (χ0n) is 19.0. The van der Waals surface area contributed by atoms with E-state index in [4.69, 9.17) is 11.6 Å². The topological polar surface area (TPSA) is 87.5 Å². The lowest BCUT2D eigenvalue weighted by atomic mass is 9.95. The standard InChI is InChI=1S/C23H32ClN5O3S/c1-2-12-28-17-19(22(30)25-18-8-4-3-5-9-18)23(26-28)33(31,32)29-15-13-27(14-16-29)21-11-7-6-10-20(21)24/h6-7,10-11,17-18H,2-5,8-9,12-16H2,1H3,(H,25,30). The predicted molar refractivity (Wildman–Crippen MR) is 129 cm³/mol. The molecule has 4 rings (SSSR count). The van der Waals surface area contributed by atoms with Crippen LogP contribution >= 0.6 is 11.6 Å². The van der Waals surface area contributed by atoms with Gasteiger partial charge < -0.3 is 10.2 Å². The van der Waals surface area contributed by atoms with Crippen molar-refractivity contribution in [2.75, 3.05) is 31.1 Å². The lowest BCUT2D eigenvalue weighted by Crippen LogP contribution is -2.49. The van der Waals surface area contributed by atoms with Crippen LogP contribution in [-0.2, 0) is 16.6 Å². The van der Waals surface area contributed by atoms with Crippen LogP contribution in [0.3, 0.4) is 0 Å². The van der Waals surface area contributed by atoms with Crippen molar-refractivity contribution in [1.82, 2.24) is 19.4 Å². The molecule has 1 aromatic carbocycles. The van der Waals surface area contributed by atoms with E-state index in [1.807, 2.05) is 31.2 Å². The molecular weight excluding hydrogens is 462 g/mol. The van der Waals surface area contributed by atoms with Crippen molar-refractivity contribution in [3.63, 3.8) is 0 Å². The Bertz CT molecular complexity index is 1070. The van der Waals surface area contributed by atoms with Crippen LogP contribution in [0.1, 0.15) is 55.8 Å². The van der Waals surface area contributed by atoms with Gasteiger partial charge in [-0.15, -0.1) is 0 Å². The highest BCUT2D eigenvalue weighted by Gasteiger charge is 2.35. The summed E-state index contributed by atoms with van der Waals surface area (Å²) in [5, 5.41) is 7.89. The molecule has 2 aromatic rings. The van der Waals surface area contributed by atoms with Gasteiger partial charge in [0.05, 0.1) is 16.3 Å². The van der Waals surface area contributed by atoms with Crippen LogP contribution in [0.25, 0.3) is 0 Å². The van der Waals surface area contributed by atoms with Crippen molar-refractivity contribution >= 4 is 33.2 Å². The number of anilines is 1. The van der Waals surface area contributed by atoms with Crippen molar-refractivity contribution in [3.05, 3.63) is 41.0 Å². The van der Waals surface area contributed by atoms with Gasteiger partial charge in [-0.1, -0.05) is 49.9 Å². The minimum atomic E-state index is -3.91. The molecule has 1 N–H and O–H groups in total. The zero-order chi connectivity index (χ0) is 23.4. The number of carbonyl (C=O) groups excluding carboxylic acids is 1. The number of hydrogen-bond acceptors (Lipinski definition) is 5. The first kappa shape index (κ1) is 24.0. The van der Waals surface area contributed by atoms with Crippen molar-refractivity contribution in [1.29, 1.82) is 0 Å². The van der Waals surface area contributed by atoms with Gasteiger partial charge in [0.15, 0.2) is 0 Å². The number of aryl methyl sites for hydroxylation is 1. The number of sulfonamides is 1. The van der Waals surface area contributed by atoms with Gasteiger partial charge in [-0.05, 0) is 31.4 Å². The summed E-state index contributed by atoms with van der Waals surface area (Å²) in [4.78, 5) is 15.2. The largest absolute Gasteiger partial charge is 0.368 e. The first-order valence-electron chi connectivity index (χ1n) is 11.8. The van der Waals surface area contributed by atoms with Crippen LogP contribution in [0.2, 0.25) is 5.02 Å². The first-order chi connectivity index (χ1) is 15.9. The second-order valence-electron chi connectivity index (χ2n) is 8.76. The maximum absolute atomic E-state index is 13.6. The first-order valence-corrected chi connectivity index (χ1v) is 13.6. The van der Waals surface area contributed by atoms with E-state index in [0.717, 1.165) is 37.8 Å². The summed E-state index contributed by atoms with van der Waals surface area (Å²) in [5.41, 5.74) is 1.04. The molecule has 10 heteroatoms. The zero-order valence-corrected chi connectivity index (χ0v) is 20.6. The average molecular weight is 494 g/mol. The molecule has 2 heterocycles. The fraction of sp³-hybridized carbons (Fsp3) is 0.565. The summed E-state index contributed by atoms with van der Waals surface area (Å²) in [6.45, 7) is 4.19. The van der Waals surface area contributed by atoms with Gasteiger partial charge in [-0.3, -0.25) is 9.48 Å². The highest BCUT2D eigenvalue weighted by Crippen LogP contribution is 2.28. The van der Waals surface area contributed by atoms with Gasteiger partial charge in [-0.25, -0.2) is 8.42 Å². The number of rotatable bonds is 7. The Hall–Kier alpha value is -2.10. The minimum Gasteiger partial charge on any atom is -0.368 e.